The minimum Gasteiger partial charge on any atom is -0.490 e. The number of alkyl carbamates (subject to hydrolysis) is 1. The number of rotatable bonds is 10. The fourth-order valence-electron chi connectivity index (χ4n) is 5.15. The van der Waals surface area contributed by atoms with Crippen LogP contribution in [0.25, 0.3) is 10.9 Å². The lowest BCUT2D eigenvalue weighted by Crippen LogP contribution is -2.50. The SMILES string of the molecule is CCOc1cc2nc(N3CCC(Cc4ccccc4)(OC(=O)NCc4ccccc4)CC3)[nH]c(=O)c2cc1OC(F)F. The van der Waals surface area contributed by atoms with Gasteiger partial charge in [0, 0.05) is 45.0 Å². The number of nitrogens with one attached hydrogen (secondary N) is 2. The molecule has 1 aromatic heterocycles. The molecular weight excluding hydrogens is 546 g/mol. The molecule has 2 heterocycles. The summed E-state index contributed by atoms with van der Waals surface area (Å²) in [7, 11) is 0. The van der Waals surface area contributed by atoms with Crippen LogP contribution < -0.4 is 25.2 Å². The second-order valence-corrected chi connectivity index (χ2v) is 10.1. The zero-order chi connectivity index (χ0) is 29.5. The van der Waals surface area contributed by atoms with Crippen molar-refractivity contribution in [3.63, 3.8) is 0 Å². The van der Waals surface area contributed by atoms with Gasteiger partial charge >= 0.3 is 12.7 Å². The number of anilines is 1. The van der Waals surface area contributed by atoms with Gasteiger partial charge in [0.2, 0.25) is 5.95 Å². The lowest BCUT2D eigenvalue weighted by Gasteiger charge is -2.41. The van der Waals surface area contributed by atoms with Crippen molar-refractivity contribution in [2.24, 2.45) is 0 Å². The Morgan fingerprint density at radius 2 is 1.69 bits per heavy atom. The van der Waals surface area contributed by atoms with Crippen molar-refractivity contribution in [2.75, 3.05) is 24.6 Å². The summed E-state index contributed by atoms with van der Waals surface area (Å²) in [6.45, 7) is 0.127. The third-order valence-corrected chi connectivity index (χ3v) is 7.21. The molecule has 42 heavy (non-hydrogen) atoms. The Labute approximate surface area is 241 Å². The zero-order valence-corrected chi connectivity index (χ0v) is 23.1. The van der Waals surface area contributed by atoms with Crippen molar-refractivity contribution in [1.82, 2.24) is 15.3 Å². The number of amides is 1. The van der Waals surface area contributed by atoms with E-state index in [0.717, 1.165) is 11.1 Å². The first-order valence-corrected chi connectivity index (χ1v) is 13.8. The predicted octanol–water partition coefficient (Wildman–Crippen LogP) is 5.43. The number of fused-ring (bicyclic) bond motifs is 1. The molecule has 220 valence electrons. The molecule has 1 aliphatic heterocycles. The zero-order valence-electron chi connectivity index (χ0n) is 23.1. The van der Waals surface area contributed by atoms with Crippen molar-refractivity contribution in [2.45, 2.75) is 44.9 Å². The standard InChI is InChI=1S/C31H32F2N4O5/c1-2-40-25-18-24-23(17-26(25)41-28(32)33)27(38)36-29(35-24)37-15-13-31(14-16-37,19-21-9-5-3-6-10-21)42-30(39)34-20-22-11-7-4-8-12-22/h3-12,17-18,28H,2,13-16,19-20H2,1H3,(H,34,39)(H,35,36,38). The summed E-state index contributed by atoms with van der Waals surface area (Å²) < 4.78 is 42.0. The van der Waals surface area contributed by atoms with Gasteiger partial charge in [0.05, 0.1) is 17.5 Å². The average molecular weight is 579 g/mol. The smallest absolute Gasteiger partial charge is 0.407 e. The molecule has 0 spiro atoms. The van der Waals surface area contributed by atoms with Crippen LogP contribution >= 0.6 is 0 Å². The molecule has 2 N–H and O–H groups in total. The van der Waals surface area contributed by atoms with Gasteiger partial charge in [0.15, 0.2) is 11.5 Å². The Hall–Kier alpha value is -4.67. The number of aromatic nitrogens is 2. The van der Waals surface area contributed by atoms with Gasteiger partial charge < -0.3 is 24.4 Å². The average Bonchev–Trinajstić information content (AvgIpc) is 2.98. The molecule has 0 aliphatic carbocycles. The summed E-state index contributed by atoms with van der Waals surface area (Å²) in [5.41, 5.74) is 1.04. The number of halogens is 2. The topological polar surface area (TPSA) is 106 Å². The molecule has 0 unspecified atom stereocenters. The van der Waals surface area contributed by atoms with E-state index < -0.39 is 23.9 Å². The van der Waals surface area contributed by atoms with Gasteiger partial charge in [-0.05, 0) is 24.1 Å². The van der Waals surface area contributed by atoms with E-state index in [1.54, 1.807) is 6.92 Å². The maximum atomic E-state index is 13.0. The Bertz CT molecular complexity index is 1560. The molecule has 0 atom stereocenters. The quantitative estimate of drug-likeness (QED) is 0.259. The number of hydrogen-bond donors (Lipinski definition) is 2. The number of piperidine rings is 1. The van der Waals surface area contributed by atoms with E-state index in [-0.39, 0.29) is 29.0 Å². The molecule has 11 heteroatoms. The summed E-state index contributed by atoms with van der Waals surface area (Å²) in [5, 5.41) is 2.96. The second-order valence-electron chi connectivity index (χ2n) is 10.1. The number of hydrogen-bond acceptors (Lipinski definition) is 7. The fourth-order valence-corrected chi connectivity index (χ4v) is 5.15. The van der Waals surface area contributed by atoms with Crippen molar-refractivity contribution < 1.29 is 27.8 Å². The van der Waals surface area contributed by atoms with Crippen LogP contribution in [0.2, 0.25) is 0 Å². The monoisotopic (exact) mass is 578 g/mol. The molecule has 9 nitrogen and oxygen atoms in total. The molecule has 0 bridgehead atoms. The van der Waals surface area contributed by atoms with Crippen LogP contribution in [0.1, 0.15) is 30.9 Å². The number of nitrogens with zero attached hydrogens (tertiary/aromatic N) is 2. The number of carbonyl (C=O) groups excluding carboxylic acids is 1. The van der Waals surface area contributed by atoms with E-state index in [1.165, 1.54) is 12.1 Å². The molecule has 1 saturated heterocycles. The molecule has 0 radical (unpaired) electrons. The highest BCUT2D eigenvalue weighted by Gasteiger charge is 2.39. The van der Waals surface area contributed by atoms with E-state index in [4.69, 9.17) is 9.47 Å². The number of ether oxygens (including phenoxy) is 3. The first kappa shape index (κ1) is 28.8. The highest BCUT2D eigenvalue weighted by Crippen LogP contribution is 2.34. The summed E-state index contributed by atoms with van der Waals surface area (Å²) in [5.74, 6) is 0.176. The molecule has 3 aromatic carbocycles. The molecule has 1 aliphatic rings. The van der Waals surface area contributed by atoms with E-state index >= 15 is 0 Å². The van der Waals surface area contributed by atoms with Gasteiger partial charge in [0.1, 0.15) is 5.60 Å². The van der Waals surface area contributed by atoms with Crippen LogP contribution in [0.4, 0.5) is 19.5 Å². The van der Waals surface area contributed by atoms with Crippen molar-refractivity contribution in [3.8, 4) is 11.5 Å². The first-order chi connectivity index (χ1) is 20.3. The van der Waals surface area contributed by atoms with E-state index in [0.29, 0.717) is 44.8 Å². The van der Waals surface area contributed by atoms with Gasteiger partial charge in [-0.15, -0.1) is 0 Å². The summed E-state index contributed by atoms with van der Waals surface area (Å²) in [6.07, 6.45) is 1.03. The van der Waals surface area contributed by atoms with Crippen molar-refractivity contribution in [3.05, 3.63) is 94.3 Å². The number of carbonyl (C=O) groups is 1. The van der Waals surface area contributed by atoms with Crippen LogP contribution in [0.3, 0.4) is 0 Å². The minimum atomic E-state index is -3.07. The van der Waals surface area contributed by atoms with Crippen LogP contribution in [-0.4, -0.2) is 48.0 Å². The minimum absolute atomic E-state index is 0.0739. The predicted molar refractivity (Wildman–Crippen MR) is 154 cm³/mol. The Morgan fingerprint density at radius 1 is 1.02 bits per heavy atom. The first-order valence-electron chi connectivity index (χ1n) is 13.8. The molecule has 5 rings (SSSR count). The largest absolute Gasteiger partial charge is 0.490 e. The number of benzene rings is 3. The number of H-pyrrole nitrogens is 1. The van der Waals surface area contributed by atoms with Gasteiger partial charge in [-0.25, -0.2) is 9.78 Å². The van der Waals surface area contributed by atoms with Gasteiger partial charge in [0.25, 0.3) is 5.56 Å². The third-order valence-electron chi connectivity index (χ3n) is 7.21. The Morgan fingerprint density at radius 3 is 2.33 bits per heavy atom. The van der Waals surface area contributed by atoms with E-state index in [2.05, 4.69) is 20.0 Å². The number of alkyl halides is 2. The lowest BCUT2D eigenvalue weighted by atomic mass is 9.85. The highest BCUT2D eigenvalue weighted by atomic mass is 19.3. The third kappa shape index (κ3) is 6.96. The van der Waals surface area contributed by atoms with E-state index in [9.17, 15) is 18.4 Å². The molecule has 1 fully saturated rings. The molecule has 4 aromatic rings. The van der Waals surface area contributed by atoms with Crippen LogP contribution in [0, 0.1) is 0 Å². The normalized spacial score (nSPS) is 14.5. The van der Waals surface area contributed by atoms with Gasteiger partial charge in [-0.3, -0.25) is 9.78 Å². The fraction of sp³-hybridized carbons (Fsp3) is 0.323. The maximum Gasteiger partial charge on any atom is 0.407 e. The molecule has 1 amide bonds. The van der Waals surface area contributed by atoms with Gasteiger partial charge in [-0.1, -0.05) is 60.7 Å². The molecule has 0 saturated carbocycles. The summed E-state index contributed by atoms with van der Waals surface area (Å²) in [6, 6.07) is 22.1. The second kappa shape index (κ2) is 12.9. The highest BCUT2D eigenvalue weighted by molar-refractivity contribution is 5.82. The van der Waals surface area contributed by atoms with E-state index in [1.807, 2.05) is 65.6 Å². The van der Waals surface area contributed by atoms with Crippen LogP contribution in [0.5, 0.6) is 11.5 Å². The Balaban J connectivity index is 1.35. The van der Waals surface area contributed by atoms with Crippen LogP contribution in [-0.2, 0) is 17.7 Å². The maximum absolute atomic E-state index is 13.0. The van der Waals surface area contributed by atoms with Crippen molar-refractivity contribution >= 4 is 22.9 Å². The summed E-state index contributed by atoms with van der Waals surface area (Å²) in [4.78, 5) is 35.2. The summed E-state index contributed by atoms with van der Waals surface area (Å²) >= 11 is 0. The van der Waals surface area contributed by atoms with Gasteiger partial charge in [-0.2, -0.15) is 8.78 Å². The lowest BCUT2D eigenvalue weighted by molar-refractivity contribution is -0.0513. The molecular formula is C31H32F2N4O5. The van der Waals surface area contributed by atoms with Crippen LogP contribution in [0.15, 0.2) is 77.6 Å². The Kier molecular flexibility index (Phi) is 8.85. The number of aromatic amines is 1. The van der Waals surface area contributed by atoms with Crippen molar-refractivity contribution in [1.29, 1.82) is 0 Å².